The molecule has 0 spiro atoms. The fraction of sp³-hybridized carbons (Fsp3) is 0.231. The molecule has 0 aliphatic carbocycles. The predicted molar refractivity (Wildman–Crippen MR) is 75.0 cm³/mol. The number of carboxylic acids is 1. The number of benzene rings is 1. The van der Waals surface area contributed by atoms with Gasteiger partial charge in [-0.25, -0.2) is 18.1 Å². The average Bonchev–Trinajstić information content (AvgIpc) is 2.97. The van der Waals surface area contributed by atoms with E-state index < -0.39 is 16.0 Å². The summed E-state index contributed by atoms with van der Waals surface area (Å²) in [5.41, 5.74) is 0.780. The van der Waals surface area contributed by atoms with Gasteiger partial charge in [-0.15, -0.1) is 0 Å². The third kappa shape index (κ3) is 4.40. The number of hydrogen-bond acceptors (Lipinski definition) is 4. The summed E-state index contributed by atoms with van der Waals surface area (Å²) in [7, 11) is -3.61. The lowest BCUT2D eigenvalue weighted by Crippen LogP contribution is -2.23. The van der Waals surface area contributed by atoms with E-state index in [-0.39, 0.29) is 17.9 Å². The number of rotatable bonds is 7. The van der Waals surface area contributed by atoms with Gasteiger partial charge in [0.1, 0.15) is 5.82 Å². The first-order chi connectivity index (χ1) is 9.97. The van der Waals surface area contributed by atoms with Crippen LogP contribution in [0.15, 0.2) is 41.6 Å². The van der Waals surface area contributed by atoms with Gasteiger partial charge >= 0.3 is 5.97 Å². The Morgan fingerprint density at radius 2 is 2.00 bits per heavy atom. The molecule has 8 heteroatoms. The molecule has 1 aromatic heterocycles. The number of aromatic amines is 1. The number of imidazole rings is 1. The Labute approximate surface area is 122 Å². The van der Waals surface area contributed by atoms with Crippen molar-refractivity contribution in [2.45, 2.75) is 24.3 Å². The highest BCUT2D eigenvalue weighted by atomic mass is 32.2. The Bertz CT molecular complexity index is 694. The van der Waals surface area contributed by atoms with E-state index in [1.807, 2.05) is 0 Å². The van der Waals surface area contributed by atoms with E-state index in [0.717, 1.165) is 5.56 Å². The zero-order valence-corrected chi connectivity index (χ0v) is 11.9. The van der Waals surface area contributed by atoms with Crippen molar-refractivity contribution in [1.29, 1.82) is 0 Å². The van der Waals surface area contributed by atoms with Gasteiger partial charge in [0, 0.05) is 18.8 Å². The number of sulfonamides is 1. The van der Waals surface area contributed by atoms with Crippen LogP contribution in [0.3, 0.4) is 0 Å². The van der Waals surface area contributed by atoms with Gasteiger partial charge in [0.15, 0.2) is 0 Å². The third-order valence-corrected chi connectivity index (χ3v) is 4.26. The summed E-state index contributed by atoms with van der Waals surface area (Å²) in [6.45, 7) is 0.0795. The summed E-state index contributed by atoms with van der Waals surface area (Å²) in [4.78, 5) is 17.3. The van der Waals surface area contributed by atoms with Gasteiger partial charge in [-0.3, -0.25) is 4.79 Å². The lowest BCUT2D eigenvalue weighted by molar-refractivity contribution is -0.136. The Balaban J connectivity index is 2.01. The molecule has 0 radical (unpaired) electrons. The number of aryl methyl sites for hydroxylation is 1. The summed E-state index contributed by atoms with van der Waals surface area (Å²) < 4.78 is 26.5. The third-order valence-electron chi connectivity index (χ3n) is 2.85. The van der Waals surface area contributed by atoms with Gasteiger partial charge in [0.2, 0.25) is 10.0 Å². The zero-order valence-electron chi connectivity index (χ0n) is 11.1. The summed E-state index contributed by atoms with van der Waals surface area (Å²) >= 11 is 0. The number of hydrogen-bond donors (Lipinski definition) is 3. The van der Waals surface area contributed by atoms with Gasteiger partial charge in [0.05, 0.1) is 11.4 Å². The van der Waals surface area contributed by atoms with Crippen molar-refractivity contribution in [2.75, 3.05) is 0 Å². The van der Waals surface area contributed by atoms with Crippen LogP contribution >= 0.6 is 0 Å². The Hall–Kier alpha value is -2.19. The standard InChI is InChI=1S/C13H15N3O4S/c17-13(18)6-3-10-1-4-11(5-2-10)21(19,20)16-9-12-14-7-8-15-12/h1-2,4-5,7-8,16H,3,6,9H2,(H,14,15)(H,17,18). The molecule has 0 saturated carbocycles. The number of aliphatic carboxylic acids is 1. The summed E-state index contributed by atoms with van der Waals surface area (Å²) in [6, 6.07) is 6.15. The Morgan fingerprint density at radius 1 is 1.29 bits per heavy atom. The molecule has 112 valence electrons. The van der Waals surface area contributed by atoms with E-state index in [9.17, 15) is 13.2 Å². The Morgan fingerprint density at radius 3 is 2.57 bits per heavy atom. The van der Waals surface area contributed by atoms with E-state index in [1.54, 1.807) is 24.5 Å². The van der Waals surface area contributed by atoms with E-state index in [0.29, 0.717) is 12.2 Å². The molecule has 0 aliphatic heterocycles. The molecule has 0 amide bonds. The lowest BCUT2D eigenvalue weighted by atomic mass is 10.1. The maximum atomic E-state index is 12.1. The molecule has 0 atom stereocenters. The molecule has 0 saturated heterocycles. The number of nitrogens with zero attached hydrogens (tertiary/aromatic N) is 1. The van der Waals surface area contributed by atoms with Crippen LogP contribution in [0.5, 0.6) is 0 Å². The van der Waals surface area contributed by atoms with Gasteiger partial charge < -0.3 is 10.1 Å². The molecule has 0 bridgehead atoms. The predicted octanol–water partition coefficient (Wildman–Crippen LogP) is 0.905. The van der Waals surface area contributed by atoms with Gasteiger partial charge in [0.25, 0.3) is 0 Å². The van der Waals surface area contributed by atoms with Crippen LogP contribution in [0.2, 0.25) is 0 Å². The summed E-state index contributed by atoms with van der Waals surface area (Å²) in [5.74, 6) is -0.358. The fourth-order valence-corrected chi connectivity index (χ4v) is 2.72. The Kier molecular flexibility index (Phi) is 4.71. The minimum Gasteiger partial charge on any atom is -0.481 e. The molecule has 2 aromatic rings. The lowest BCUT2D eigenvalue weighted by Gasteiger charge is -2.06. The van der Waals surface area contributed by atoms with Crippen molar-refractivity contribution >= 4 is 16.0 Å². The minimum absolute atomic E-state index is 0.0167. The van der Waals surface area contributed by atoms with Gasteiger partial charge in [-0.05, 0) is 24.1 Å². The topological polar surface area (TPSA) is 112 Å². The number of aromatic nitrogens is 2. The van der Waals surface area contributed by atoms with Crippen LogP contribution in [-0.4, -0.2) is 29.5 Å². The molecule has 2 rings (SSSR count). The SMILES string of the molecule is O=C(O)CCc1ccc(S(=O)(=O)NCc2ncc[nH]2)cc1. The van der Waals surface area contributed by atoms with E-state index in [4.69, 9.17) is 5.11 Å². The van der Waals surface area contributed by atoms with Crippen molar-refractivity contribution in [3.63, 3.8) is 0 Å². The van der Waals surface area contributed by atoms with Crippen LogP contribution in [0, 0.1) is 0 Å². The van der Waals surface area contributed by atoms with Crippen molar-refractivity contribution in [3.05, 3.63) is 48.0 Å². The highest BCUT2D eigenvalue weighted by Crippen LogP contribution is 2.12. The maximum Gasteiger partial charge on any atom is 0.303 e. The first-order valence-electron chi connectivity index (χ1n) is 6.26. The van der Waals surface area contributed by atoms with Crippen LogP contribution < -0.4 is 4.72 Å². The summed E-state index contributed by atoms with van der Waals surface area (Å²) in [5, 5.41) is 8.60. The molecule has 1 heterocycles. The largest absolute Gasteiger partial charge is 0.481 e. The zero-order chi connectivity index (χ0) is 15.3. The molecule has 1 aromatic carbocycles. The smallest absolute Gasteiger partial charge is 0.303 e. The van der Waals surface area contributed by atoms with Gasteiger partial charge in [-0.1, -0.05) is 12.1 Å². The monoisotopic (exact) mass is 309 g/mol. The van der Waals surface area contributed by atoms with Crippen molar-refractivity contribution < 1.29 is 18.3 Å². The van der Waals surface area contributed by atoms with Crippen molar-refractivity contribution in [3.8, 4) is 0 Å². The molecule has 21 heavy (non-hydrogen) atoms. The molecule has 0 aliphatic rings. The molecule has 0 unspecified atom stereocenters. The van der Waals surface area contributed by atoms with Crippen LogP contribution in [0.25, 0.3) is 0 Å². The summed E-state index contributed by atoms with van der Waals surface area (Å²) in [6.07, 6.45) is 3.54. The van der Waals surface area contributed by atoms with E-state index >= 15 is 0 Å². The first-order valence-corrected chi connectivity index (χ1v) is 7.74. The molecular formula is C13H15N3O4S. The molecule has 7 nitrogen and oxygen atoms in total. The second-order valence-corrected chi connectivity index (χ2v) is 6.17. The van der Waals surface area contributed by atoms with E-state index in [1.165, 1.54) is 12.1 Å². The average molecular weight is 309 g/mol. The van der Waals surface area contributed by atoms with Crippen LogP contribution in [0.1, 0.15) is 17.8 Å². The van der Waals surface area contributed by atoms with Crippen LogP contribution in [0.4, 0.5) is 0 Å². The normalized spacial score (nSPS) is 11.4. The second kappa shape index (κ2) is 6.51. The minimum atomic E-state index is -3.61. The number of H-pyrrole nitrogens is 1. The first kappa shape index (κ1) is 15.2. The number of nitrogens with one attached hydrogen (secondary N) is 2. The highest BCUT2D eigenvalue weighted by Gasteiger charge is 2.14. The van der Waals surface area contributed by atoms with E-state index in [2.05, 4.69) is 14.7 Å². The highest BCUT2D eigenvalue weighted by molar-refractivity contribution is 7.89. The maximum absolute atomic E-state index is 12.1. The van der Waals surface area contributed by atoms with Crippen molar-refractivity contribution in [1.82, 2.24) is 14.7 Å². The fourth-order valence-electron chi connectivity index (χ4n) is 1.73. The molecule has 3 N–H and O–H groups in total. The van der Waals surface area contributed by atoms with Gasteiger partial charge in [-0.2, -0.15) is 0 Å². The second-order valence-electron chi connectivity index (χ2n) is 4.40. The molecule has 0 fully saturated rings. The quantitative estimate of drug-likeness (QED) is 0.703. The van der Waals surface area contributed by atoms with Crippen molar-refractivity contribution in [2.24, 2.45) is 0 Å². The number of carbonyl (C=O) groups is 1. The number of carboxylic acid groups (broad SMARTS) is 1. The molecular weight excluding hydrogens is 294 g/mol. The van der Waals surface area contributed by atoms with Crippen LogP contribution in [-0.2, 0) is 27.8 Å².